The number of hydrogen-bond donors (Lipinski definition) is 6. The molecule has 0 aliphatic carbocycles. The Bertz CT molecular complexity index is 708. The van der Waals surface area contributed by atoms with E-state index in [2.05, 4.69) is 51.5 Å². The molecule has 1 aromatic rings. The summed E-state index contributed by atoms with van der Waals surface area (Å²) >= 11 is 0. The van der Waals surface area contributed by atoms with Gasteiger partial charge >= 0.3 is 6.03 Å². The number of carbonyl (C=O) groups excluding carboxylic acids is 1. The molecule has 8 nitrogen and oxygen atoms in total. The number of nitrogens with zero attached hydrogens (tertiary/aromatic N) is 1. The quantitative estimate of drug-likeness (QED) is 0.368. The molecule has 2 heterocycles. The Morgan fingerprint density at radius 1 is 1.34 bits per heavy atom. The van der Waals surface area contributed by atoms with Crippen molar-refractivity contribution in [1.29, 1.82) is 0 Å². The van der Waals surface area contributed by atoms with Crippen LogP contribution in [0.1, 0.15) is 44.2 Å². The topological polar surface area (TPSA) is 116 Å². The number of anilines is 1. The Morgan fingerprint density at radius 3 is 3.00 bits per heavy atom. The fraction of sp³-hybridized carbons (Fsp3) is 0.619. The molecule has 0 spiro atoms. The largest absolute Gasteiger partial charge is 0.330 e. The van der Waals surface area contributed by atoms with Gasteiger partial charge in [-0.3, -0.25) is 15.6 Å². The molecule has 29 heavy (non-hydrogen) atoms. The van der Waals surface area contributed by atoms with E-state index in [1.807, 2.05) is 18.3 Å². The van der Waals surface area contributed by atoms with E-state index in [1.165, 1.54) is 5.56 Å². The Labute approximate surface area is 173 Å². The Hall–Kier alpha value is -2.00. The van der Waals surface area contributed by atoms with Crippen molar-refractivity contribution in [3.8, 4) is 0 Å². The summed E-state index contributed by atoms with van der Waals surface area (Å²) in [5.41, 5.74) is 8.73. The zero-order chi connectivity index (χ0) is 20.6. The first-order chi connectivity index (χ1) is 14.1. The summed E-state index contributed by atoms with van der Waals surface area (Å²) in [6.45, 7) is 6.73. The van der Waals surface area contributed by atoms with Crippen LogP contribution in [-0.2, 0) is 6.42 Å². The number of benzene rings is 1. The van der Waals surface area contributed by atoms with Gasteiger partial charge in [0.15, 0.2) is 0 Å². The molecule has 7 N–H and O–H groups in total. The van der Waals surface area contributed by atoms with Crippen molar-refractivity contribution < 1.29 is 4.79 Å². The van der Waals surface area contributed by atoms with E-state index in [9.17, 15) is 4.79 Å². The number of fused-ring (bicyclic) bond motifs is 1. The predicted molar refractivity (Wildman–Crippen MR) is 118 cm³/mol. The number of nitrogens with one attached hydrogen (secondary N) is 5. The molecule has 8 heteroatoms. The maximum absolute atomic E-state index is 12.6. The number of urea groups is 1. The van der Waals surface area contributed by atoms with Gasteiger partial charge in [-0.1, -0.05) is 19.4 Å². The third kappa shape index (κ3) is 5.99. The molecule has 1 fully saturated rings. The van der Waals surface area contributed by atoms with Gasteiger partial charge in [-0.25, -0.2) is 4.79 Å². The molecule has 0 radical (unpaired) electrons. The van der Waals surface area contributed by atoms with Gasteiger partial charge in [0.2, 0.25) is 0 Å². The molecule has 0 bridgehead atoms. The van der Waals surface area contributed by atoms with Crippen LogP contribution in [0.4, 0.5) is 10.5 Å². The van der Waals surface area contributed by atoms with Crippen LogP contribution in [-0.4, -0.2) is 50.4 Å². The Morgan fingerprint density at radius 2 is 2.21 bits per heavy atom. The van der Waals surface area contributed by atoms with Crippen molar-refractivity contribution in [2.45, 2.75) is 58.0 Å². The molecule has 1 saturated heterocycles. The first-order valence-corrected chi connectivity index (χ1v) is 10.8. The van der Waals surface area contributed by atoms with Gasteiger partial charge in [-0.2, -0.15) is 0 Å². The average molecular weight is 402 g/mol. The summed E-state index contributed by atoms with van der Waals surface area (Å²) in [5, 5.41) is 16.4. The van der Waals surface area contributed by atoms with Crippen molar-refractivity contribution >= 4 is 17.9 Å². The number of carbonyl (C=O) groups is 1. The lowest BCUT2D eigenvalue weighted by Crippen LogP contribution is -2.71. The first kappa shape index (κ1) is 21.7. The second-order valence-electron chi connectivity index (χ2n) is 7.88. The highest BCUT2D eigenvalue weighted by molar-refractivity contribution is 5.92. The minimum atomic E-state index is -0.312. The van der Waals surface area contributed by atoms with Crippen molar-refractivity contribution in [2.24, 2.45) is 16.6 Å². The van der Waals surface area contributed by atoms with Crippen LogP contribution in [0.5, 0.6) is 0 Å². The highest BCUT2D eigenvalue weighted by Gasteiger charge is 2.34. The standard InChI is InChI=1S/C21H35N7O/c1-3-5-18-14(2)25-20(27-19(18)24-10-4-9-22)28-21(29)26-17-7-6-15-8-11-23-13-16(15)12-17/h6-7,12-14,18-20,24-25,27H,3-5,8-11,22H2,1-2H3,(H2,26,28,29). The van der Waals surface area contributed by atoms with Gasteiger partial charge in [0, 0.05) is 30.4 Å². The minimum Gasteiger partial charge on any atom is -0.330 e. The molecular weight excluding hydrogens is 366 g/mol. The van der Waals surface area contributed by atoms with Crippen LogP contribution in [0.2, 0.25) is 0 Å². The summed E-state index contributed by atoms with van der Waals surface area (Å²) in [7, 11) is 0. The summed E-state index contributed by atoms with van der Waals surface area (Å²) in [6.07, 6.45) is 5.79. The smallest absolute Gasteiger partial charge is 0.321 e. The number of rotatable bonds is 8. The minimum absolute atomic E-state index is 0.128. The lowest BCUT2D eigenvalue weighted by molar-refractivity contribution is 0.124. The predicted octanol–water partition coefficient (Wildman–Crippen LogP) is 1.33. The SMILES string of the molecule is CCCC1C(C)NC(NC(=O)Nc2ccc3c(c2)C=NCC3)NC1NCCCN. The fourth-order valence-corrected chi connectivity index (χ4v) is 4.10. The van der Waals surface area contributed by atoms with E-state index in [-0.39, 0.29) is 24.5 Å². The second kappa shape index (κ2) is 10.7. The molecule has 4 unspecified atom stereocenters. The van der Waals surface area contributed by atoms with E-state index in [4.69, 9.17) is 5.73 Å². The summed E-state index contributed by atoms with van der Waals surface area (Å²) in [5.74, 6) is 0.443. The molecule has 2 aliphatic rings. The fourth-order valence-electron chi connectivity index (χ4n) is 4.10. The average Bonchev–Trinajstić information content (AvgIpc) is 2.70. The van der Waals surface area contributed by atoms with Crippen molar-refractivity contribution in [2.75, 3.05) is 25.0 Å². The van der Waals surface area contributed by atoms with Gasteiger partial charge < -0.3 is 21.7 Å². The highest BCUT2D eigenvalue weighted by atomic mass is 16.2. The third-order valence-electron chi connectivity index (χ3n) is 5.63. The molecule has 3 rings (SSSR count). The molecular formula is C21H35N7O. The van der Waals surface area contributed by atoms with E-state index in [0.29, 0.717) is 12.5 Å². The first-order valence-electron chi connectivity index (χ1n) is 10.8. The van der Waals surface area contributed by atoms with Gasteiger partial charge in [0.05, 0.1) is 6.17 Å². The summed E-state index contributed by atoms with van der Waals surface area (Å²) in [6, 6.07) is 6.00. The zero-order valence-electron chi connectivity index (χ0n) is 17.5. The number of amides is 2. The number of aliphatic imine (C=N–C) groups is 1. The van der Waals surface area contributed by atoms with E-state index in [1.54, 1.807) is 0 Å². The van der Waals surface area contributed by atoms with E-state index in [0.717, 1.165) is 50.0 Å². The molecule has 4 atom stereocenters. The zero-order valence-corrected chi connectivity index (χ0v) is 17.5. The lowest BCUT2D eigenvalue weighted by atomic mass is 9.90. The van der Waals surface area contributed by atoms with Crippen LogP contribution >= 0.6 is 0 Å². The molecule has 2 amide bonds. The monoisotopic (exact) mass is 401 g/mol. The van der Waals surface area contributed by atoms with E-state index < -0.39 is 0 Å². The summed E-state index contributed by atoms with van der Waals surface area (Å²) < 4.78 is 0. The van der Waals surface area contributed by atoms with Crippen LogP contribution in [0.15, 0.2) is 23.2 Å². The Kier molecular flexibility index (Phi) is 8.00. The highest BCUT2D eigenvalue weighted by Crippen LogP contribution is 2.20. The van der Waals surface area contributed by atoms with Crippen LogP contribution < -0.4 is 32.3 Å². The van der Waals surface area contributed by atoms with Crippen molar-refractivity contribution in [3.63, 3.8) is 0 Å². The van der Waals surface area contributed by atoms with E-state index >= 15 is 0 Å². The summed E-state index contributed by atoms with van der Waals surface area (Å²) in [4.78, 5) is 16.9. The lowest BCUT2D eigenvalue weighted by Gasteiger charge is -2.43. The van der Waals surface area contributed by atoms with Gasteiger partial charge in [-0.15, -0.1) is 0 Å². The number of nitrogens with two attached hydrogens (primary N) is 1. The molecule has 160 valence electrons. The normalized spacial score (nSPS) is 26.0. The molecule has 0 aromatic heterocycles. The van der Waals surface area contributed by atoms with Crippen LogP contribution in [0.3, 0.4) is 0 Å². The van der Waals surface area contributed by atoms with Crippen LogP contribution in [0, 0.1) is 5.92 Å². The molecule has 0 saturated carbocycles. The number of hydrogen-bond acceptors (Lipinski definition) is 6. The van der Waals surface area contributed by atoms with Crippen molar-refractivity contribution in [3.05, 3.63) is 29.3 Å². The van der Waals surface area contributed by atoms with Gasteiger partial charge in [0.1, 0.15) is 6.29 Å². The second-order valence-corrected chi connectivity index (χ2v) is 7.88. The maximum Gasteiger partial charge on any atom is 0.321 e. The third-order valence-corrected chi connectivity index (χ3v) is 5.63. The molecule has 1 aromatic carbocycles. The Balaban J connectivity index is 1.57. The van der Waals surface area contributed by atoms with Crippen molar-refractivity contribution in [1.82, 2.24) is 21.3 Å². The maximum atomic E-state index is 12.6. The van der Waals surface area contributed by atoms with Crippen LogP contribution in [0.25, 0.3) is 0 Å². The molecule has 2 aliphatic heterocycles. The van der Waals surface area contributed by atoms with Gasteiger partial charge in [0.25, 0.3) is 0 Å². The van der Waals surface area contributed by atoms with Gasteiger partial charge in [-0.05, 0) is 62.5 Å².